The largest absolute Gasteiger partial charge is 0.371 e. The molecule has 0 aromatic heterocycles. The van der Waals surface area contributed by atoms with E-state index < -0.39 is 0 Å². The summed E-state index contributed by atoms with van der Waals surface area (Å²) in [6, 6.07) is 8.18. The number of nitriles is 1. The summed E-state index contributed by atoms with van der Waals surface area (Å²) in [5.74, 6) is 0.867. The number of anilines is 1. The molecule has 1 aromatic carbocycles. The molecule has 1 aliphatic carbocycles. The van der Waals surface area contributed by atoms with Crippen molar-refractivity contribution in [2.75, 3.05) is 18.0 Å². The number of hydrogen-bond donors (Lipinski definition) is 0. The predicted molar refractivity (Wildman–Crippen MR) is 74.1 cm³/mol. The van der Waals surface area contributed by atoms with E-state index in [4.69, 9.17) is 5.26 Å². The third-order valence-electron chi connectivity index (χ3n) is 3.05. The maximum absolute atomic E-state index is 9.00. The van der Waals surface area contributed by atoms with E-state index in [0.29, 0.717) is 0 Å². The van der Waals surface area contributed by atoms with E-state index in [1.165, 1.54) is 18.5 Å². The summed E-state index contributed by atoms with van der Waals surface area (Å²) >= 11 is 3.48. The van der Waals surface area contributed by atoms with Crippen molar-refractivity contribution in [3.8, 4) is 6.07 Å². The van der Waals surface area contributed by atoms with Crippen molar-refractivity contribution in [1.29, 1.82) is 5.26 Å². The molecule has 0 unspecified atom stereocenters. The van der Waals surface area contributed by atoms with E-state index in [0.717, 1.165) is 35.5 Å². The summed E-state index contributed by atoms with van der Waals surface area (Å²) < 4.78 is 0.989. The van der Waals surface area contributed by atoms with E-state index in [9.17, 15) is 0 Å². The Morgan fingerprint density at radius 1 is 1.41 bits per heavy atom. The summed E-state index contributed by atoms with van der Waals surface area (Å²) in [6.45, 7) is 4.40. The zero-order valence-electron chi connectivity index (χ0n) is 10.1. The van der Waals surface area contributed by atoms with Crippen LogP contribution in [0.25, 0.3) is 0 Å². The van der Waals surface area contributed by atoms with Crippen molar-refractivity contribution in [3.63, 3.8) is 0 Å². The first-order valence-electron chi connectivity index (χ1n) is 6.18. The van der Waals surface area contributed by atoms with E-state index in [-0.39, 0.29) is 0 Å². The van der Waals surface area contributed by atoms with Crippen molar-refractivity contribution in [1.82, 2.24) is 0 Å². The lowest BCUT2D eigenvalue weighted by Gasteiger charge is -2.24. The molecule has 0 spiro atoms. The minimum Gasteiger partial charge on any atom is -0.371 e. The van der Waals surface area contributed by atoms with Gasteiger partial charge in [0, 0.05) is 23.2 Å². The molecule has 2 rings (SSSR count). The van der Waals surface area contributed by atoms with E-state index >= 15 is 0 Å². The second kappa shape index (κ2) is 5.55. The first-order chi connectivity index (χ1) is 8.22. The highest BCUT2D eigenvalue weighted by atomic mass is 79.9. The van der Waals surface area contributed by atoms with Gasteiger partial charge in [-0.2, -0.15) is 5.26 Å². The number of halogens is 1. The zero-order chi connectivity index (χ0) is 12.3. The molecule has 2 nitrogen and oxygen atoms in total. The standard InChI is InChI=1S/C14H17BrN2/c1-2-5-17(10-11-3-4-11)14-7-12(9-16)6-13(15)8-14/h6-8,11H,2-5,10H2,1H3. The lowest BCUT2D eigenvalue weighted by atomic mass is 10.2. The molecule has 0 heterocycles. The molecule has 1 aromatic rings. The van der Waals surface area contributed by atoms with Crippen LogP contribution in [0, 0.1) is 17.2 Å². The number of hydrogen-bond acceptors (Lipinski definition) is 2. The van der Waals surface area contributed by atoms with Gasteiger partial charge in [0.25, 0.3) is 0 Å². The van der Waals surface area contributed by atoms with Gasteiger partial charge < -0.3 is 4.90 Å². The van der Waals surface area contributed by atoms with Gasteiger partial charge >= 0.3 is 0 Å². The van der Waals surface area contributed by atoms with Crippen LogP contribution in [0.15, 0.2) is 22.7 Å². The second-order valence-corrected chi connectivity index (χ2v) is 5.61. The number of nitrogens with zero attached hydrogens (tertiary/aromatic N) is 2. The molecular weight excluding hydrogens is 276 g/mol. The Hall–Kier alpha value is -1.01. The highest BCUT2D eigenvalue weighted by Gasteiger charge is 2.24. The molecular formula is C14H17BrN2. The zero-order valence-corrected chi connectivity index (χ0v) is 11.7. The van der Waals surface area contributed by atoms with Crippen molar-refractivity contribution >= 4 is 21.6 Å². The average Bonchev–Trinajstić information content (AvgIpc) is 3.11. The van der Waals surface area contributed by atoms with Crippen molar-refractivity contribution in [2.24, 2.45) is 5.92 Å². The van der Waals surface area contributed by atoms with Crippen molar-refractivity contribution in [3.05, 3.63) is 28.2 Å². The van der Waals surface area contributed by atoms with Gasteiger partial charge in [0.15, 0.2) is 0 Å². The van der Waals surface area contributed by atoms with Gasteiger partial charge in [0.05, 0.1) is 11.6 Å². The van der Waals surface area contributed by atoms with E-state index in [1.54, 1.807) is 0 Å². The fraction of sp³-hybridized carbons (Fsp3) is 0.500. The second-order valence-electron chi connectivity index (χ2n) is 4.70. The summed E-state index contributed by atoms with van der Waals surface area (Å²) in [5, 5.41) is 9.00. The Morgan fingerprint density at radius 3 is 2.76 bits per heavy atom. The van der Waals surface area contributed by atoms with Gasteiger partial charge in [-0.3, -0.25) is 0 Å². The summed E-state index contributed by atoms with van der Waals surface area (Å²) in [5.41, 5.74) is 1.90. The van der Waals surface area contributed by atoms with Gasteiger partial charge in [-0.15, -0.1) is 0 Å². The fourth-order valence-corrected chi connectivity index (χ4v) is 2.51. The van der Waals surface area contributed by atoms with Gasteiger partial charge in [0.1, 0.15) is 0 Å². The van der Waals surface area contributed by atoms with Crippen LogP contribution in [-0.2, 0) is 0 Å². The first kappa shape index (κ1) is 12.4. The molecule has 0 bridgehead atoms. The van der Waals surface area contributed by atoms with Gasteiger partial charge in [0.2, 0.25) is 0 Å². The van der Waals surface area contributed by atoms with Crippen molar-refractivity contribution < 1.29 is 0 Å². The van der Waals surface area contributed by atoms with Crippen LogP contribution in [0.5, 0.6) is 0 Å². The quantitative estimate of drug-likeness (QED) is 0.822. The molecule has 0 radical (unpaired) electrons. The highest BCUT2D eigenvalue weighted by molar-refractivity contribution is 9.10. The molecule has 0 aliphatic heterocycles. The molecule has 0 atom stereocenters. The lowest BCUT2D eigenvalue weighted by Crippen LogP contribution is -2.26. The van der Waals surface area contributed by atoms with Crippen LogP contribution >= 0.6 is 15.9 Å². The average molecular weight is 293 g/mol. The van der Waals surface area contributed by atoms with E-state index in [1.807, 2.05) is 12.1 Å². The highest BCUT2D eigenvalue weighted by Crippen LogP contribution is 2.32. The van der Waals surface area contributed by atoms with Crippen LogP contribution in [-0.4, -0.2) is 13.1 Å². The maximum atomic E-state index is 9.00. The number of benzene rings is 1. The smallest absolute Gasteiger partial charge is 0.0992 e. The Kier molecular flexibility index (Phi) is 4.06. The molecule has 3 heteroatoms. The monoisotopic (exact) mass is 292 g/mol. The molecule has 1 fully saturated rings. The van der Waals surface area contributed by atoms with Crippen LogP contribution < -0.4 is 4.90 Å². The van der Waals surface area contributed by atoms with Gasteiger partial charge in [-0.1, -0.05) is 22.9 Å². The summed E-state index contributed by atoms with van der Waals surface area (Å²) in [4.78, 5) is 2.41. The third-order valence-corrected chi connectivity index (χ3v) is 3.50. The number of rotatable bonds is 5. The van der Waals surface area contributed by atoms with E-state index in [2.05, 4.69) is 39.9 Å². The topological polar surface area (TPSA) is 27.0 Å². The van der Waals surface area contributed by atoms with Crippen LogP contribution in [0.2, 0.25) is 0 Å². The molecule has 1 aliphatic rings. The Morgan fingerprint density at radius 2 is 2.18 bits per heavy atom. The van der Waals surface area contributed by atoms with Crippen LogP contribution in [0.4, 0.5) is 5.69 Å². The maximum Gasteiger partial charge on any atom is 0.0992 e. The SMILES string of the molecule is CCCN(CC1CC1)c1cc(Br)cc(C#N)c1. The Labute approximate surface area is 111 Å². The third kappa shape index (κ3) is 3.47. The summed E-state index contributed by atoms with van der Waals surface area (Å²) in [7, 11) is 0. The fourth-order valence-electron chi connectivity index (χ4n) is 2.03. The van der Waals surface area contributed by atoms with Crippen LogP contribution in [0.1, 0.15) is 31.7 Å². The molecule has 17 heavy (non-hydrogen) atoms. The molecule has 0 saturated heterocycles. The lowest BCUT2D eigenvalue weighted by molar-refractivity contribution is 0.708. The first-order valence-corrected chi connectivity index (χ1v) is 6.98. The normalized spacial score (nSPS) is 14.4. The molecule has 1 saturated carbocycles. The predicted octanol–water partition coefficient (Wildman–Crippen LogP) is 3.95. The minimum absolute atomic E-state index is 0.728. The van der Waals surface area contributed by atoms with Gasteiger partial charge in [-0.05, 0) is 43.4 Å². The Bertz CT molecular complexity index is 432. The molecule has 0 N–H and O–H groups in total. The van der Waals surface area contributed by atoms with Crippen molar-refractivity contribution in [2.45, 2.75) is 26.2 Å². The Balaban J connectivity index is 2.21. The van der Waals surface area contributed by atoms with Crippen LogP contribution in [0.3, 0.4) is 0 Å². The summed E-state index contributed by atoms with van der Waals surface area (Å²) in [6.07, 6.45) is 3.86. The minimum atomic E-state index is 0.728. The molecule has 90 valence electrons. The van der Waals surface area contributed by atoms with Gasteiger partial charge in [-0.25, -0.2) is 0 Å². The molecule has 0 amide bonds.